The van der Waals surface area contributed by atoms with E-state index >= 15 is 0 Å². The van der Waals surface area contributed by atoms with Crippen molar-refractivity contribution in [2.75, 3.05) is 6.61 Å². The number of carbonyl (C=O) groups excluding carboxylic acids is 1. The normalized spacial score (nSPS) is 10.7. The van der Waals surface area contributed by atoms with Crippen molar-refractivity contribution in [3.63, 3.8) is 0 Å². The first kappa shape index (κ1) is 14.4. The van der Waals surface area contributed by atoms with E-state index in [-0.39, 0.29) is 5.97 Å². The molecule has 2 rings (SSSR count). The lowest BCUT2D eigenvalue weighted by Gasteiger charge is -1.98. The smallest absolute Gasteiger partial charge is 0.350 e. The molecule has 0 aliphatic rings. The molecule has 0 saturated heterocycles. The van der Waals surface area contributed by atoms with Crippen LogP contribution in [0.25, 0.3) is 10.7 Å². The van der Waals surface area contributed by atoms with Crippen LogP contribution in [0.3, 0.4) is 0 Å². The van der Waals surface area contributed by atoms with Gasteiger partial charge in [-0.1, -0.05) is 0 Å². The lowest BCUT2D eigenvalue weighted by Crippen LogP contribution is -2.03. The van der Waals surface area contributed by atoms with E-state index in [4.69, 9.17) is 15.4 Å². The number of aromatic nitrogens is 2. The van der Waals surface area contributed by atoms with E-state index in [1.54, 1.807) is 6.92 Å². The van der Waals surface area contributed by atoms with Crippen LogP contribution in [0.2, 0.25) is 0 Å². The van der Waals surface area contributed by atoms with Crippen LogP contribution in [0.5, 0.6) is 0 Å². The molecule has 0 radical (unpaired) electrons. The minimum Gasteiger partial charge on any atom is -0.462 e. The highest BCUT2D eigenvalue weighted by Crippen LogP contribution is 2.33. The van der Waals surface area contributed by atoms with Gasteiger partial charge in [0.15, 0.2) is 0 Å². The Bertz CT molecular complexity index is 607. The molecular weight excluding hydrogens is 304 g/mol. The van der Waals surface area contributed by atoms with Gasteiger partial charge in [-0.15, -0.1) is 11.3 Å². The first-order chi connectivity index (χ1) is 9.06. The minimum absolute atomic E-state index is 0.315. The van der Waals surface area contributed by atoms with Crippen molar-refractivity contribution in [1.29, 1.82) is 0 Å². The average molecular weight is 317 g/mol. The highest BCUT2D eigenvalue weighted by Gasteiger charge is 2.18. The fourth-order valence-corrected chi connectivity index (χ4v) is 3.31. The van der Waals surface area contributed by atoms with E-state index < -0.39 is 0 Å². The molecule has 0 saturated carbocycles. The molecule has 2 aromatic rings. The third-order valence-corrected chi connectivity index (χ3v) is 4.64. The molecule has 0 bridgehead atoms. The standard InChI is InChI=1S/C12H13ClN2O2S2/c1-4-17-12(16)10-7(2)14-11(18-10)9-5-8(19-13)6-15(9)3/h5-6H,4H2,1-3H3. The predicted octanol–water partition coefficient (Wildman–Crippen LogP) is 3.88. The zero-order valence-electron chi connectivity index (χ0n) is 10.8. The van der Waals surface area contributed by atoms with Crippen molar-refractivity contribution < 1.29 is 9.53 Å². The van der Waals surface area contributed by atoms with Crippen LogP contribution in [0.4, 0.5) is 0 Å². The number of esters is 1. The zero-order chi connectivity index (χ0) is 14.0. The summed E-state index contributed by atoms with van der Waals surface area (Å²) in [5, 5.41) is 0.792. The summed E-state index contributed by atoms with van der Waals surface area (Å²) in [6.45, 7) is 3.96. The molecule has 4 nitrogen and oxygen atoms in total. The van der Waals surface area contributed by atoms with Gasteiger partial charge in [0.05, 0.1) is 18.0 Å². The zero-order valence-corrected chi connectivity index (χ0v) is 13.2. The largest absolute Gasteiger partial charge is 0.462 e. The Morgan fingerprint density at radius 3 is 2.95 bits per heavy atom. The van der Waals surface area contributed by atoms with Crippen molar-refractivity contribution in [3.05, 3.63) is 22.8 Å². The lowest BCUT2D eigenvalue weighted by atomic mass is 10.4. The Morgan fingerprint density at radius 1 is 1.63 bits per heavy atom. The summed E-state index contributed by atoms with van der Waals surface area (Å²) in [4.78, 5) is 17.7. The molecule has 7 heteroatoms. The molecule has 0 aliphatic carbocycles. The molecule has 0 aromatic carbocycles. The minimum atomic E-state index is -0.315. The Hall–Kier alpha value is -0.980. The summed E-state index contributed by atoms with van der Waals surface area (Å²) in [5.41, 5.74) is 1.63. The maximum absolute atomic E-state index is 11.8. The van der Waals surface area contributed by atoms with Gasteiger partial charge >= 0.3 is 5.97 Å². The maximum Gasteiger partial charge on any atom is 0.350 e. The molecule has 0 amide bonds. The fraction of sp³-hybridized carbons (Fsp3) is 0.333. The van der Waals surface area contributed by atoms with E-state index in [1.165, 1.54) is 11.3 Å². The SMILES string of the molecule is CCOC(=O)c1sc(-c2cc(SCl)cn2C)nc1C. The van der Waals surface area contributed by atoms with Crippen LogP contribution in [0, 0.1) is 6.92 Å². The molecule has 2 heterocycles. The highest BCUT2D eigenvalue weighted by atomic mass is 35.7. The number of hydrogen-bond donors (Lipinski definition) is 0. The van der Waals surface area contributed by atoms with Gasteiger partial charge in [0, 0.05) is 18.1 Å². The van der Waals surface area contributed by atoms with E-state index in [0.717, 1.165) is 26.6 Å². The van der Waals surface area contributed by atoms with E-state index in [2.05, 4.69) is 4.98 Å². The molecule has 0 N–H and O–H groups in total. The third kappa shape index (κ3) is 2.96. The van der Waals surface area contributed by atoms with Gasteiger partial charge in [-0.25, -0.2) is 9.78 Å². The Morgan fingerprint density at radius 2 is 2.37 bits per heavy atom. The molecule has 0 spiro atoms. The van der Waals surface area contributed by atoms with Crippen LogP contribution in [-0.4, -0.2) is 22.1 Å². The fourth-order valence-electron chi connectivity index (χ4n) is 1.68. The highest BCUT2D eigenvalue weighted by molar-refractivity contribution is 8.21. The van der Waals surface area contributed by atoms with Gasteiger partial charge in [-0.2, -0.15) is 0 Å². The van der Waals surface area contributed by atoms with E-state index in [1.807, 2.05) is 30.8 Å². The number of thiazole rings is 1. The second-order valence-corrected chi connectivity index (χ2v) is 5.99. The molecule has 102 valence electrons. The summed E-state index contributed by atoms with van der Waals surface area (Å²) in [7, 11) is 8.82. The lowest BCUT2D eigenvalue weighted by molar-refractivity contribution is 0.0531. The van der Waals surface area contributed by atoms with Gasteiger partial charge < -0.3 is 9.30 Å². The first-order valence-electron chi connectivity index (χ1n) is 5.66. The molecular formula is C12H13ClN2O2S2. The summed E-state index contributed by atoms with van der Waals surface area (Å²) in [6, 6.07) is 1.95. The van der Waals surface area contributed by atoms with Gasteiger partial charge in [-0.05, 0) is 41.6 Å². The molecule has 19 heavy (non-hydrogen) atoms. The number of aryl methyl sites for hydroxylation is 2. The van der Waals surface area contributed by atoms with Gasteiger partial charge in [0.25, 0.3) is 0 Å². The number of ether oxygens (including phenoxy) is 1. The molecule has 0 atom stereocenters. The van der Waals surface area contributed by atoms with Crippen molar-refractivity contribution in [2.45, 2.75) is 18.7 Å². The molecule has 0 fully saturated rings. The monoisotopic (exact) mass is 316 g/mol. The van der Waals surface area contributed by atoms with Crippen molar-refractivity contribution >= 4 is 39.0 Å². The summed E-state index contributed by atoms with van der Waals surface area (Å²) < 4.78 is 6.96. The number of nitrogens with zero attached hydrogens (tertiary/aromatic N) is 2. The van der Waals surface area contributed by atoms with Gasteiger partial charge in [-0.3, -0.25) is 0 Å². The quantitative estimate of drug-likeness (QED) is 0.803. The Balaban J connectivity index is 2.38. The van der Waals surface area contributed by atoms with Gasteiger partial charge in [0.2, 0.25) is 0 Å². The Labute approximate surface area is 124 Å². The van der Waals surface area contributed by atoms with Crippen LogP contribution < -0.4 is 0 Å². The van der Waals surface area contributed by atoms with Crippen LogP contribution in [-0.2, 0) is 11.8 Å². The van der Waals surface area contributed by atoms with Crippen molar-refractivity contribution in [3.8, 4) is 10.7 Å². The second kappa shape index (κ2) is 5.98. The summed E-state index contributed by atoms with van der Waals surface area (Å²) in [6.07, 6.45) is 1.92. The average Bonchev–Trinajstić information content (AvgIpc) is 2.92. The topological polar surface area (TPSA) is 44.1 Å². The molecule has 0 unspecified atom stereocenters. The van der Waals surface area contributed by atoms with Crippen LogP contribution in [0.1, 0.15) is 22.3 Å². The Kier molecular flexibility index (Phi) is 4.54. The van der Waals surface area contributed by atoms with Gasteiger partial charge in [0.1, 0.15) is 9.88 Å². The van der Waals surface area contributed by atoms with Crippen molar-refractivity contribution in [1.82, 2.24) is 9.55 Å². The molecule has 0 aliphatic heterocycles. The van der Waals surface area contributed by atoms with Crippen molar-refractivity contribution in [2.24, 2.45) is 7.05 Å². The number of carbonyl (C=O) groups is 1. The molecule has 2 aromatic heterocycles. The summed E-state index contributed by atoms with van der Waals surface area (Å²) in [5.74, 6) is -0.315. The van der Waals surface area contributed by atoms with E-state index in [0.29, 0.717) is 17.2 Å². The van der Waals surface area contributed by atoms with E-state index in [9.17, 15) is 4.79 Å². The van der Waals surface area contributed by atoms with Crippen LogP contribution in [0.15, 0.2) is 17.2 Å². The third-order valence-electron chi connectivity index (χ3n) is 2.55. The van der Waals surface area contributed by atoms with Crippen LogP contribution >= 0.6 is 33.0 Å². The number of rotatable bonds is 4. The number of hydrogen-bond acceptors (Lipinski definition) is 5. The number of halogens is 1. The predicted molar refractivity (Wildman–Crippen MR) is 78.9 cm³/mol. The summed E-state index contributed by atoms with van der Waals surface area (Å²) >= 11 is 1.34. The first-order valence-corrected chi connectivity index (χ1v) is 8.12. The second-order valence-electron chi connectivity index (χ2n) is 3.90. The maximum atomic E-state index is 11.8.